The first kappa shape index (κ1) is 14.8. The number of carbonyl (C=O) groups excluding carboxylic acids is 1. The number of carboxylic acid groups (broad SMARTS) is 1. The Morgan fingerprint density at radius 2 is 2.20 bits per heavy atom. The summed E-state index contributed by atoms with van der Waals surface area (Å²) in [6, 6.07) is 2.74. The molecule has 2 N–H and O–H groups in total. The zero-order valence-corrected chi connectivity index (χ0v) is 12.2. The Morgan fingerprint density at radius 1 is 1.45 bits per heavy atom. The lowest BCUT2D eigenvalue weighted by molar-refractivity contribution is -0.137. The molecule has 0 saturated carbocycles. The van der Waals surface area contributed by atoms with Gasteiger partial charge in [0.05, 0.1) is 5.69 Å². The summed E-state index contributed by atoms with van der Waals surface area (Å²) < 4.78 is 14.6. The van der Waals surface area contributed by atoms with Gasteiger partial charge in [-0.1, -0.05) is 15.9 Å². The molecule has 0 saturated heterocycles. The van der Waals surface area contributed by atoms with Crippen LogP contribution in [0.4, 0.5) is 14.9 Å². The van der Waals surface area contributed by atoms with E-state index in [-0.39, 0.29) is 13.0 Å². The predicted octanol–water partition coefficient (Wildman–Crippen LogP) is 2.53. The molecule has 1 aliphatic rings. The van der Waals surface area contributed by atoms with Crippen LogP contribution in [0.25, 0.3) is 0 Å². The Labute approximate surface area is 123 Å². The summed E-state index contributed by atoms with van der Waals surface area (Å²) in [6.45, 7) is 0.683. The molecule has 1 aromatic carbocycles. The number of benzene rings is 1. The molecule has 0 aliphatic carbocycles. The molecule has 0 radical (unpaired) electrons. The Bertz CT molecular complexity index is 551. The van der Waals surface area contributed by atoms with Gasteiger partial charge < -0.3 is 10.4 Å². The fourth-order valence-electron chi connectivity index (χ4n) is 2.19. The van der Waals surface area contributed by atoms with E-state index in [9.17, 15) is 14.0 Å². The van der Waals surface area contributed by atoms with E-state index < -0.39 is 17.8 Å². The SMILES string of the molecule is O=C(O)CCCNC(=O)N1CCc2cc(Br)cc(F)c21. The topological polar surface area (TPSA) is 69.6 Å². The Morgan fingerprint density at radius 3 is 2.90 bits per heavy atom. The number of aliphatic carboxylic acids is 1. The minimum Gasteiger partial charge on any atom is -0.481 e. The van der Waals surface area contributed by atoms with E-state index in [1.807, 2.05) is 0 Å². The molecular formula is C13H14BrFN2O3. The first-order chi connectivity index (χ1) is 9.49. The first-order valence-corrected chi connectivity index (χ1v) is 7.03. The standard InChI is InChI=1S/C13H14BrFN2O3/c14-9-6-8-3-5-17(12(8)10(15)7-9)13(20)16-4-1-2-11(18)19/h6-7H,1-5H2,(H,16,20)(H,18,19). The number of fused-ring (bicyclic) bond motifs is 1. The molecule has 20 heavy (non-hydrogen) atoms. The van der Waals surface area contributed by atoms with Crippen LogP contribution in [0.2, 0.25) is 0 Å². The highest BCUT2D eigenvalue weighted by Gasteiger charge is 2.28. The summed E-state index contributed by atoms with van der Waals surface area (Å²) in [4.78, 5) is 23.7. The number of hydrogen-bond donors (Lipinski definition) is 2. The van der Waals surface area contributed by atoms with Crippen LogP contribution in [-0.4, -0.2) is 30.2 Å². The molecular weight excluding hydrogens is 331 g/mol. The molecule has 2 amide bonds. The Hall–Kier alpha value is -1.63. The van der Waals surface area contributed by atoms with Crippen molar-refractivity contribution in [1.29, 1.82) is 0 Å². The number of rotatable bonds is 4. The van der Waals surface area contributed by atoms with E-state index in [1.54, 1.807) is 6.07 Å². The molecule has 0 fully saturated rings. The monoisotopic (exact) mass is 344 g/mol. The summed E-state index contributed by atoms with van der Waals surface area (Å²) in [5, 5.41) is 11.1. The second-order valence-corrected chi connectivity index (χ2v) is 5.44. The van der Waals surface area contributed by atoms with Crippen LogP contribution in [0.1, 0.15) is 18.4 Å². The van der Waals surface area contributed by atoms with Gasteiger partial charge >= 0.3 is 12.0 Å². The molecule has 0 spiro atoms. The van der Waals surface area contributed by atoms with E-state index in [2.05, 4.69) is 21.2 Å². The van der Waals surface area contributed by atoms with Crippen molar-refractivity contribution in [3.05, 3.63) is 28.0 Å². The lowest BCUT2D eigenvalue weighted by Gasteiger charge is -2.18. The average Bonchev–Trinajstić information content (AvgIpc) is 2.78. The quantitative estimate of drug-likeness (QED) is 0.824. The molecule has 0 bridgehead atoms. The van der Waals surface area contributed by atoms with Gasteiger partial charge in [-0.15, -0.1) is 0 Å². The van der Waals surface area contributed by atoms with Crippen LogP contribution in [-0.2, 0) is 11.2 Å². The molecule has 1 heterocycles. The van der Waals surface area contributed by atoms with E-state index in [4.69, 9.17) is 5.11 Å². The van der Waals surface area contributed by atoms with Crippen molar-refractivity contribution in [2.45, 2.75) is 19.3 Å². The zero-order chi connectivity index (χ0) is 14.7. The summed E-state index contributed by atoms with van der Waals surface area (Å²) in [6.07, 6.45) is 0.955. The van der Waals surface area contributed by atoms with Crippen molar-refractivity contribution < 1.29 is 19.1 Å². The van der Waals surface area contributed by atoms with Crippen LogP contribution in [0, 0.1) is 5.82 Å². The fourth-order valence-corrected chi connectivity index (χ4v) is 2.67. The van der Waals surface area contributed by atoms with E-state index in [0.29, 0.717) is 29.5 Å². The summed E-state index contributed by atoms with van der Waals surface area (Å²) >= 11 is 3.22. The molecule has 108 valence electrons. The maximum Gasteiger partial charge on any atom is 0.321 e. The van der Waals surface area contributed by atoms with E-state index >= 15 is 0 Å². The van der Waals surface area contributed by atoms with Crippen molar-refractivity contribution in [2.24, 2.45) is 0 Å². The predicted molar refractivity (Wildman–Crippen MR) is 75.4 cm³/mol. The molecule has 2 rings (SSSR count). The third-order valence-corrected chi connectivity index (χ3v) is 3.53. The van der Waals surface area contributed by atoms with Crippen LogP contribution in [0.5, 0.6) is 0 Å². The number of nitrogens with zero attached hydrogens (tertiary/aromatic N) is 1. The van der Waals surface area contributed by atoms with Crippen LogP contribution in [0.15, 0.2) is 16.6 Å². The highest BCUT2D eigenvalue weighted by molar-refractivity contribution is 9.10. The third kappa shape index (κ3) is 3.27. The molecule has 7 heteroatoms. The number of halogens is 2. The summed E-state index contributed by atoms with van der Waals surface area (Å²) in [7, 11) is 0. The third-order valence-electron chi connectivity index (χ3n) is 3.07. The fraction of sp³-hybridized carbons (Fsp3) is 0.385. The van der Waals surface area contributed by atoms with Crippen molar-refractivity contribution in [3.8, 4) is 0 Å². The van der Waals surface area contributed by atoms with E-state index in [0.717, 1.165) is 5.56 Å². The van der Waals surface area contributed by atoms with Crippen LogP contribution >= 0.6 is 15.9 Å². The Kier molecular flexibility index (Phi) is 4.59. The van der Waals surface area contributed by atoms with Gasteiger partial charge in [0, 0.05) is 24.0 Å². The number of carbonyl (C=O) groups is 2. The zero-order valence-electron chi connectivity index (χ0n) is 10.7. The normalized spacial score (nSPS) is 13.2. The average molecular weight is 345 g/mol. The van der Waals surface area contributed by atoms with Crippen LogP contribution < -0.4 is 10.2 Å². The summed E-state index contributed by atoms with van der Waals surface area (Å²) in [5.41, 5.74) is 1.10. The van der Waals surface area contributed by atoms with Gasteiger partial charge in [-0.3, -0.25) is 9.69 Å². The maximum atomic E-state index is 13.9. The van der Waals surface area contributed by atoms with Crippen LogP contribution in [0.3, 0.4) is 0 Å². The Balaban J connectivity index is 1.99. The van der Waals surface area contributed by atoms with Gasteiger partial charge in [-0.25, -0.2) is 9.18 Å². The number of nitrogens with one attached hydrogen (secondary N) is 1. The minimum absolute atomic E-state index is 0.00181. The van der Waals surface area contributed by atoms with Crippen molar-refractivity contribution in [1.82, 2.24) is 5.32 Å². The molecule has 0 aromatic heterocycles. The number of anilines is 1. The second-order valence-electron chi connectivity index (χ2n) is 4.53. The number of carboxylic acids is 1. The number of hydrogen-bond acceptors (Lipinski definition) is 2. The minimum atomic E-state index is -0.901. The van der Waals surface area contributed by atoms with Crippen molar-refractivity contribution >= 4 is 33.6 Å². The molecule has 0 atom stereocenters. The highest BCUT2D eigenvalue weighted by Crippen LogP contribution is 2.33. The van der Waals surface area contributed by atoms with E-state index in [1.165, 1.54) is 11.0 Å². The molecule has 0 unspecified atom stereocenters. The number of urea groups is 1. The van der Waals surface area contributed by atoms with Gasteiger partial charge in [0.1, 0.15) is 5.82 Å². The maximum absolute atomic E-state index is 13.9. The van der Waals surface area contributed by atoms with Gasteiger partial charge in [-0.05, 0) is 30.5 Å². The van der Waals surface area contributed by atoms with Gasteiger partial charge in [0.15, 0.2) is 0 Å². The second kappa shape index (κ2) is 6.21. The smallest absolute Gasteiger partial charge is 0.321 e. The van der Waals surface area contributed by atoms with Crippen molar-refractivity contribution in [3.63, 3.8) is 0 Å². The highest BCUT2D eigenvalue weighted by atomic mass is 79.9. The van der Waals surface area contributed by atoms with Gasteiger partial charge in [0.2, 0.25) is 0 Å². The van der Waals surface area contributed by atoms with Crippen molar-refractivity contribution in [2.75, 3.05) is 18.0 Å². The number of amides is 2. The molecule has 1 aromatic rings. The largest absolute Gasteiger partial charge is 0.481 e. The lowest BCUT2D eigenvalue weighted by atomic mass is 10.1. The molecule has 5 nitrogen and oxygen atoms in total. The summed E-state index contributed by atoms with van der Waals surface area (Å²) in [5.74, 6) is -1.34. The van der Waals surface area contributed by atoms with Gasteiger partial charge in [0.25, 0.3) is 0 Å². The molecule has 1 aliphatic heterocycles. The lowest BCUT2D eigenvalue weighted by Crippen LogP contribution is -2.39. The first-order valence-electron chi connectivity index (χ1n) is 6.24. The van der Waals surface area contributed by atoms with Gasteiger partial charge in [-0.2, -0.15) is 0 Å².